The van der Waals surface area contributed by atoms with Crippen molar-refractivity contribution in [2.45, 2.75) is 19.9 Å². The summed E-state index contributed by atoms with van der Waals surface area (Å²) >= 11 is 1.30. The highest BCUT2D eigenvalue weighted by Crippen LogP contribution is 2.20. The van der Waals surface area contributed by atoms with Gasteiger partial charge in [-0.05, 0) is 36.8 Å². The van der Waals surface area contributed by atoms with Gasteiger partial charge in [-0.25, -0.2) is 4.39 Å². The fourth-order valence-electron chi connectivity index (χ4n) is 2.75. The quantitative estimate of drug-likeness (QED) is 0.622. The molecule has 0 aliphatic heterocycles. The molecule has 0 aliphatic carbocycles. The molecule has 0 aliphatic rings. The van der Waals surface area contributed by atoms with Crippen LogP contribution < -0.4 is 9.54 Å². The molecule has 0 N–H and O–H groups in total. The van der Waals surface area contributed by atoms with Gasteiger partial charge in [0, 0.05) is 13.7 Å². The largest absolute Gasteiger partial charge is 0.494 e. The molecule has 27 heavy (non-hydrogen) atoms. The van der Waals surface area contributed by atoms with E-state index in [1.165, 1.54) is 17.4 Å². The monoisotopic (exact) mass is 388 g/mol. The molecular formula is C20H21FN2O3S. The van der Waals surface area contributed by atoms with Gasteiger partial charge in [-0.3, -0.25) is 4.79 Å². The third-order valence-corrected chi connectivity index (χ3v) is 5.02. The first-order chi connectivity index (χ1) is 13.1. The number of methoxy groups -OCH3 is 1. The summed E-state index contributed by atoms with van der Waals surface area (Å²) in [6.45, 7) is 3.34. The van der Waals surface area contributed by atoms with Crippen LogP contribution >= 0.6 is 11.3 Å². The number of hydrogen-bond acceptors (Lipinski definition) is 4. The second kappa shape index (κ2) is 8.92. The van der Waals surface area contributed by atoms with Crippen molar-refractivity contribution in [3.8, 4) is 5.75 Å². The second-order valence-corrected chi connectivity index (χ2v) is 6.88. The maximum Gasteiger partial charge on any atom is 0.252 e. The molecule has 0 fully saturated rings. The molecular weight excluding hydrogens is 367 g/mol. The maximum absolute atomic E-state index is 14.3. The minimum Gasteiger partial charge on any atom is -0.494 e. The first-order valence-corrected chi connectivity index (χ1v) is 9.50. The Balaban J connectivity index is 1.89. The Hall–Kier alpha value is -2.51. The van der Waals surface area contributed by atoms with Gasteiger partial charge in [0.05, 0.1) is 29.9 Å². The summed E-state index contributed by atoms with van der Waals surface area (Å²) in [5, 5.41) is 0. The molecule has 0 radical (unpaired) electrons. The van der Waals surface area contributed by atoms with E-state index in [4.69, 9.17) is 9.47 Å². The van der Waals surface area contributed by atoms with E-state index in [2.05, 4.69) is 4.99 Å². The number of amides is 1. The van der Waals surface area contributed by atoms with Gasteiger partial charge in [-0.2, -0.15) is 4.99 Å². The number of fused-ring (bicyclic) bond motifs is 1. The van der Waals surface area contributed by atoms with E-state index in [0.717, 1.165) is 16.0 Å². The van der Waals surface area contributed by atoms with Crippen molar-refractivity contribution in [3.05, 3.63) is 58.6 Å². The predicted molar refractivity (Wildman–Crippen MR) is 104 cm³/mol. The number of carbonyl (C=O) groups is 1. The molecule has 0 saturated heterocycles. The van der Waals surface area contributed by atoms with Crippen molar-refractivity contribution in [1.82, 2.24) is 4.57 Å². The van der Waals surface area contributed by atoms with E-state index in [-0.39, 0.29) is 18.1 Å². The maximum atomic E-state index is 14.3. The summed E-state index contributed by atoms with van der Waals surface area (Å²) in [5.74, 6) is 0.153. The van der Waals surface area contributed by atoms with Crippen LogP contribution in [0.1, 0.15) is 12.5 Å². The smallest absolute Gasteiger partial charge is 0.252 e. The van der Waals surface area contributed by atoms with E-state index in [9.17, 15) is 9.18 Å². The van der Waals surface area contributed by atoms with Crippen LogP contribution in [0.4, 0.5) is 4.39 Å². The molecule has 142 valence electrons. The van der Waals surface area contributed by atoms with Crippen LogP contribution in [0.15, 0.2) is 47.5 Å². The summed E-state index contributed by atoms with van der Waals surface area (Å²) < 4.78 is 27.2. The minimum absolute atomic E-state index is 0.174. The predicted octanol–water partition coefficient (Wildman–Crippen LogP) is 3.56. The van der Waals surface area contributed by atoms with Gasteiger partial charge in [0.25, 0.3) is 5.91 Å². The highest BCUT2D eigenvalue weighted by atomic mass is 32.1. The number of benzene rings is 2. The lowest BCUT2D eigenvalue weighted by molar-refractivity contribution is -0.117. The third kappa shape index (κ3) is 4.61. The lowest BCUT2D eigenvalue weighted by atomic mass is 10.1. The van der Waals surface area contributed by atoms with E-state index in [1.807, 2.05) is 37.3 Å². The average molecular weight is 388 g/mol. The first-order valence-electron chi connectivity index (χ1n) is 8.68. The standard InChI is InChI=1S/C20H21FN2O3S/c1-3-26-15-9-7-14(8-10-15)13-18(24)22-20-23(11-12-25-2)19-16(21)5-4-6-17(19)27-20/h4-10H,3,11-13H2,1-2H3. The van der Waals surface area contributed by atoms with Crippen molar-refractivity contribution in [2.24, 2.45) is 4.99 Å². The SMILES string of the molecule is CCOc1ccc(CC(=O)N=c2sc3cccc(F)c3n2CCOC)cc1. The number of halogens is 1. The number of nitrogens with zero attached hydrogens (tertiary/aromatic N) is 2. The highest BCUT2D eigenvalue weighted by Gasteiger charge is 2.12. The van der Waals surface area contributed by atoms with Gasteiger partial charge in [-0.1, -0.05) is 29.5 Å². The van der Waals surface area contributed by atoms with E-state index in [0.29, 0.717) is 30.1 Å². The van der Waals surface area contributed by atoms with Crippen LogP contribution in [0.5, 0.6) is 5.75 Å². The molecule has 1 aromatic heterocycles. The number of rotatable bonds is 7. The molecule has 7 heteroatoms. The number of aromatic nitrogens is 1. The molecule has 0 unspecified atom stereocenters. The lowest BCUT2D eigenvalue weighted by Gasteiger charge is -2.05. The summed E-state index contributed by atoms with van der Waals surface area (Å²) in [5.41, 5.74) is 1.30. The van der Waals surface area contributed by atoms with Gasteiger partial charge in [0.2, 0.25) is 0 Å². The third-order valence-electron chi connectivity index (χ3n) is 3.98. The van der Waals surface area contributed by atoms with Crippen molar-refractivity contribution in [3.63, 3.8) is 0 Å². The molecule has 5 nitrogen and oxygen atoms in total. The number of carbonyl (C=O) groups excluding carboxylic acids is 1. The molecule has 2 aromatic carbocycles. The number of ether oxygens (including phenoxy) is 2. The Morgan fingerprint density at radius 2 is 2.00 bits per heavy atom. The Kier molecular flexibility index (Phi) is 6.36. The molecule has 0 saturated carbocycles. The number of para-hydroxylation sites is 1. The Bertz CT molecular complexity index is 993. The van der Waals surface area contributed by atoms with Crippen LogP contribution in [0, 0.1) is 5.82 Å². The molecule has 1 amide bonds. The topological polar surface area (TPSA) is 52.8 Å². The van der Waals surface area contributed by atoms with Crippen molar-refractivity contribution >= 4 is 27.5 Å². The molecule has 3 rings (SSSR count). The number of thiazole rings is 1. The van der Waals surface area contributed by atoms with Gasteiger partial charge in [0.15, 0.2) is 4.80 Å². The first kappa shape index (κ1) is 19.3. The summed E-state index contributed by atoms with van der Waals surface area (Å²) in [6.07, 6.45) is 0.174. The zero-order chi connectivity index (χ0) is 19.2. The Labute approximate surface area is 160 Å². The zero-order valence-electron chi connectivity index (χ0n) is 15.3. The van der Waals surface area contributed by atoms with Gasteiger partial charge < -0.3 is 14.0 Å². The van der Waals surface area contributed by atoms with E-state index < -0.39 is 0 Å². The Morgan fingerprint density at radius 1 is 1.22 bits per heavy atom. The number of hydrogen-bond donors (Lipinski definition) is 0. The van der Waals surface area contributed by atoms with Crippen LogP contribution in [0.25, 0.3) is 10.2 Å². The fourth-order valence-corrected chi connectivity index (χ4v) is 3.84. The van der Waals surface area contributed by atoms with Crippen molar-refractivity contribution in [2.75, 3.05) is 20.3 Å². The van der Waals surface area contributed by atoms with E-state index >= 15 is 0 Å². The van der Waals surface area contributed by atoms with Crippen LogP contribution in [0.3, 0.4) is 0 Å². The molecule has 0 bridgehead atoms. The van der Waals surface area contributed by atoms with Gasteiger partial charge >= 0.3 is 0 Å². The summed E-state index contributed by atoms with van der Waals surface area (Å²) in [6, 6.07) is 12.2. The normalized spacial score (nSPS) is 11.9. The average Bonchev–Trinajstić information content (AvgIpc) is 3.00. The van der Waals surface area contributed by atoms with Crippen LogP contribution in [-0.2, 0) is 22.5 Å². The van der Waals surface area contributed by atoms with E-state index in [1.54, 1.807) is 17.7 Å². The van der Waals surface area contributed by atoms with Crippen LogP contribution in [0.2, 0.25) is 0 Å². The summed E-state index contributed by atoms with van der Waals surface area (Å²) in [7, 11) is 1.58. The molecule has 0 spiro atoms. The lowest BCUT2D eigenvalue weighted by Crippen LogP contribution is -2.20. The second-order valence-electron chi connectivity index (χ2n) is 5.87. The Morgan fingerprint density at radius 3 is 2.70 bits per heavy atom. The molecule has 0 atom stereocenters. The van der Waals surface area contributed by atoms with Crippen molar-refractivity contribution < 1.29 is 18.7 Å². The summed E-state index contributed by atoms with van der Waals surface area (Å²) in [4.78, 5) is 17.2. The minimum atomic E-state index is -0.333. The molecule has 3 aromatic rings. The molecule has 1 heterocycles. The zero-order valence-corrected chi connectivity index (χ0v) is 16.1. The van der Waals surface area contributed by atoms with Gasteiger partial charge in [-0.15, -0.1) is 0 Å². The fraction of sp³-hybridized carbons (Fsp3) is 0.300. The highest BCUT2D eigenvalue weighted by molar-refractivity contribution is 7.16. The van der Waals surface area contributed by atoms with Crippen molar-refractivity contribution in [1.29, 1.82) is 0 Å². The van der Waals surface area contributed by atoms with Crippen LogP contribution in [-0.4, -0.2) is 30.8 Å². The van der Waals surface area contributed by atoms with Gasteiger partial charge in [0.1, 0.15) is 11.6 Å².